The molecule has 2 aromatic rings. The molecule has 2 heterocycles. The van der Waals surface area contributed by atoms with E-state index in [0.717, 1.165) is 35.3 Å². The zero-order chi connectivity index (χ0) is 15.8. The Morgan fingerprint density at radius 3 is 2.83 bits per heavy atom. The predicted octanol–water partition coefficient (Wildman–Crippen LogP) is 3.67. The number of pyridine rings is 1. The minimum atomic E-state index is -0.594. The van der Waals surface area contributed by atoms with Crippen LogP contribution in [-0.4, -0.2) is 10.9 Å². The lowest BCUT2D eigenvalue weighted by atomic mass is 9.74. The molecular formula is C19H15N3O. The number of hydrogen-bond acceptors (Lipinski definition) is 4. The van der Waals surface area contributed by atoms with Crippen LogP contribution in [0.25, 0.3) is 5.76 Å². The Morgan fingerprint density at radius 2 is 2.04 bits per heavy atom. The van der Waals surface area contributed by atoms with Gasteiger partial charge in [-0.15, -0.1) is 0 Å². The van der Waals surface area contributed by atoms with Crippen molar-refractivity contribution in [1.82, 2.24) is 4.98 Å². The number of hydrogen-bond donors (Lipinski definition) is 1. The van der Waals surface area contributed by atoms with Gasteiger partial charge in [-0.05, 0) is 35.6 Å². The Kier molecular flexibility index (Phi) is 3.20. The summed E-state index contributed by atoms with van der Waals surface area (Å²) in [5, 5.41) is 17.8. The van der Waals surface area contributed by atoms with E-state index in [1.807, 2.05) is 30.3 Å². The van der Waals surface area contributed by atoms with Gasteiger partial charge in [-0.1, -0.05) is 30.3 Å². The Labute approximate surface area is 134 Å². The maximum atomic E-state index is 9.56. The fourth-order valence-corrected chi connectivity index (χ4v) is 3.55. The van der Waals surface area contributed by atoms with Gasteiger partial charge in [0.1, 0.15) is 11.7 Å². The van der Waals surface area contributed by atoms with Gasteiger partial charge in [0.15, 0.2) is 0 Å². The third-order valence-corrected chi connectivity index (χ3v) is 4.60. The third-order valence-electron chi connectivity index (χ3n) is 4.60. The zero-order valence-corrected chi connectivity index (χ0v) is 12.5. The molecule has 0 saturated heterocycles. The van der Waals surface area contributed by atoms with Crippen LogP contribution in [0.15, 0.2) is 54.4 Å². The van der Waals surface area contributed by atoms with Crippen LogP contribution in [0.4, 0.5) is 0 Å². The molecule has 112 valence electrons. The number of allylic oxidation sites excluding steroid dienone is 1. The Bertz CT molecular complexity index is 848. The van der Waals surface area contributed by atoms with Crippen LogP contribution >= 0.6 is 0 Å². The highest BCUT2D eigenvalue weighted by molar-refractivity contribution is 5.90. The number of aromatic nitrogens is 1. The van der Waals surface area contributed by atoms with Crippen molar-refractivity contribution in [3.05, 3.63) is 71.1 Å². The van der Waals surface area contributed by atoms with E-state index in [1.54, 1.807) is 12.4 Å². The van der Waals surface area contributed by atoms with Crippen LogP contribution in [-0.2, 0) is 11.2 Å². The maximum Gasteiger partial charge on any atom is 0.205 e. The van der Waals surface area contributed by atoms with Crippen LogP contribution < -0.4 is 0 Å². The van der Waals surface area contributed by atoms with E-state index < -0.39 is 5.92 Å². The molecule has 0 fully saturated rings. The van der Waals surface area contributed by atoms with Crippen molar-refractivity contribution < 1.29 is 4.74 Å². The first kappa shape index (κ1) is 13.7. The second-order valence-corrected chi connectivity index (χ2v) is 5.85. The number of fused-ring (bicyclic) bond motifs is 2. The molecule has 4 nitrogen and oxygen atoms in total. The SMILES string of the molecule is N#CC1C(=N)OC2=C(CCc3ccccc32)C1c1cccnc1. The molecule has 0 saturated carbocycles. The number of nitrogens with zero attached hydrogens (tertiary/aromatic N) is 2. The predicted molar refractivity (Wildman–Crippen MR) is 86.6 cm³/mol. The first-order valence-corrected chi connectivity index (χ1v) is 7.66. The molecule has 0 amide bonds. The third kappa shape index (κ3) is 2.13. The van der Waals surface area contributed by atoms with Crippen molar-refractivity contribution in [2.45, 2.75) is 18.8 Å². The fourth-order valence-electron chi connectivity index (χ4n) is 3.55. The minimum Gasteiger partial charge on any atom is -0.442 e. The molecule has 4 rings (SSSR count). The average Bonchev–Trinajstić information content (AvgIpc) is 2.61. The smallest absolute Gasteiger partial charge is 0.205 e. The van der Waals surface area contributed by atoms with Crippen LogP contribution in [0.2, 0.25) is 0 Å². The maximum absolute atomic E-state index is 9.56. The average molecular weight is 301 g/mol. The molecule has 2 atom stereocenters. The van der Waals surface area contributed by atoms with E-state index in [9.17, 15) is 5.26 Å². The molecule has 1 aromatic carbocycles. The number of rotatable bonds is 1. The van der Waals surface area contributed by atoms with Crippen molar-refractivity contribution >= 4 is 11.7 Å². The Hall–Kier alpha value is -2.93. The van der Waals surface area contributed by atoms with Crippen molar-refractivity contribution in [2.75, 3.05) is 0 Å². The number of ether oxygens (including phenoxy) is 1. The molecule has 23 heavy (non-hydrogen) atoms. The van der Waals surface area contributed by atoms with Crippen LogP contribution in [0.3, 0.4) is 0 Å². The quantitative estimate of drug-likeness (QED) is 0.873. The van der Waals surface area contributed by atoms with Crippen molar-refractivity contribution in [2.24, 2.45) is 5.92 Å². The topological polar surface area (TPSA) is 69.8 Å². The van der Waals surface area contributed by atoms with E-state index >= 15 is 0 Å². The van der Waals surface area contributed by atoms with Crippen molar-refractivity contribution in [1.29, 1.82) is 10.7 Å². The highest BCUT2D eigenvalue weighted by Crippen LogP contribution is 2.46. The van der Waals surface area contributed by atoms with E-state index in [2.05, 4.69) is 17.1 Å². The van der Waals surface area contributed by atoms with Crippen molar-refractivity contribution in [3.8, 4) is 6.07 Å². The standard InChI is InChI=1S/C19H15N3O/c20-10-16-17(13-5-3-9-22-11-13)15-8-7-12-4-1-2-6-14(12)18(15)23-19(16)21/h1-6,9,11,16-17,21H,7-8H2. The van der Waals surface area contributed by atoms with Gasteiger partial charge in [-0.25, -0.2) is 0 Å². The first-order valence-electron chi connectivity index (χ1n) is 7.66. The first-order chi connectivity index (χ1) is 11.3. The van der Waals surface area contributed by atoms with Gasteiger partial charge in [0, 0.05) is 23.9 Å². The Morgan fingerprint density at radius 1 is 1.17 bits per heavy atom. The second kappa shape index (κ2) is 5.36. The molecule has 1 aliphatic carbocycles. The summed E-state index contributed by atoms with van der Waals surface area (Å²) in [6.07, 6.45) is 5.29. The highest BCUT2D eigenvalue weighted by Gasteiger charge is 2.40. The normalized spacial score (nSPS) is 22.7. The van der Waals surface area contributed by atoms with E-state index in [1.165, 1.54) is 5.56 Å². The van der Waals surface area contributed by atoms with Gasteiger partial charge in [-0.2, -0.15) is 5.26 Å². The van der Waals surface area contributed by atoms with Crippen molar-refractivity contribution in [3.63, 3.8) is 0 Å². The van der Waals surface area contributed by atoms with Gasteiger partial charge >= 0.3 is 0 Å². The van der Waals surface area contributed by atoms with Gasteiger partial charge in [-0.3, -0.25) is 10.4 Å². The lowest BCUT2D eigenvalue weighted by Gasteiger charge is -2.35. The van der Waals surface area contributed by atoms with E-state index in [-0.39, 0.29) is 11.8 Å². The number of nitrogens with one attached hydrogen (secondary N) is 1. The molecule has 2 aliphatic rings. The zero-order valence-electron chi connectivity index (χ0n) is 12.5. The molecule has 0 radical (unpaired) electrons. The fraction of sp³-hybridized carbons (Fsp3) is 0.211. The molecule has 1 aromatic heterocycles. The summed E-state index contributed by atoms with van der Waals surface area (Å²) in [6.45, 7) is 0. The summed E-state index contributed by atoms with van der Waals surface area (Å²) in [6, 6.07) is 14.2. The summed E-state index contributed by atoms with van der Waals surface area (Å²) in [7, 11) is 0. The van der Waals surface area contributed by atoms with Gasteiger partial charge in [0.05, 0.1) is 6.07 Å². The summed E-state index contributed by atoms with van der Waals surface area (Å²) >= 11 is 0. The minimum absolute atomic E-state index is 0.0248. The Balaban J connectivity index is 1.92. The summed E-state index contributed by atoms with van der Waals surface area (Å²) in [5.74, 6) is 0.0375. The summed E-state index contributed by atoms with van der Waals surface area (Å²) in [5.41, 5.74) is 4.36. The molecule has 0 spiro atoms. The molecule has 1 N–H and O–H groups in total. The van der Waals surface area contributed by atoms with Gasteiger partial charge < -0.3 is 4.74 Å². The van der Waals surface area contributed by atoms with Crippen LogP contribution in [0.1, 0.15) is 29.0 Å². The van der Waals surface area contributed by atoms with Gasteiger partial charge in [0.2, 0.25) is 5.90 Å². The molecule has 0 bridgehead atoms. The lowest BCUT2D eigenvalue weighted by molar-refractivity contribution is 0.410. The van der Waals surface area contributed by atoms with Crippen LogP contribution in [0.5, 0.6) is 0 Å². The highest BCUT2D eigenvalue weighted by atomic mass is 16.5. The van der Waals surface area contributed by atoms with E-state index in [4.69, 9.17) is 10.1 Å². The molecular weight excluding hydrogens is 286 g/mol. The second-order valence-electron chi connectivity index (χ2n) is 5.85. The van der Waals surface area contributed by atoms with Gasteiger partial charge in [0.25, 0.3) is 0 Å². The summed E-state index contributed by atoms with van der Waals surface area (Å²) in [4.78, 5) is 4.19. The number of nitriles is 1. The van der Waals surface area contributed by atoms with Crippen LogP contribution in [0, 0.1) is 22.7 Å². The molecule has 4 heteroatoms. The monoisotopic (exact) mass is 301 g/mol. The number of aryl methyl sites for hydroxylation is 1. The largest absolute Gasteiger partial charge is 0.442 e. The summed E-state index contributed by atoms with van der Waals surface area (Å²) < 4.78 is 5.79. The number of benzene rings is 1. The van der Waals surface area contributed by atoms with E-state index in [0.29, 0.717) is 0 Å². The molecule has 1 aliphatic heterocycles. The molecule has 2 unspecified atom stereocenters. The lowest BCUT2D eigenvalue weighted by Crippen LogP contribution is -2.31.